The first-order chi connectivity index (χ1) is 9.76. The van der Waals surface area contributed by atoms with Crippen molar-refractivity contribution < 1.29 is 0 Å². The Kier molecular flexibility index (Phi) is 3.03. The highest BCUT2D eigenvalue weighted by atomic mass is 15.2. The molecule has 0 spiro atoms. The lowest BCUT2D eigenvalue weighted by molar-refractivity contribution is -0.00125. The summed E-state index contributed by atoms with van der Waals surface area (Å²) in [5.41, 5.74) is 8.60. The molecule has 2 nitrogen and oxygen atoms in total. The van der Waals surface area contributed by atoms with Crippen molar-refractivity contribution in [2.24, 2.45) is 29.4 Å². The summed E-state index contributed by atoms with van der Waals surface area (Å²) in [5, 5.41) is 0. The molecular weight excluding hydrogens is 244 g/mol. The fourth-order valence-electron chi connectivity index (χ4n) is 5.72. The number of nitrogens with zero attached hydrogens (tertiary/aromatic N) is 1. The van der Waals surface area contributed by atoms with E-state index < -0.39 is 0 Å². The third kappa shape index (κ3) is 1.88. The highest BCUT2D eigenvalue weighted by Gasteiger charge is 2.49. The summed E-state index contributed by atoms with van der Waals surface area (Å²) in [6, 6.07) is 9.46. The highest BCUT2D eigenvalue weighted by molar-refractivity contribution is 5.54. The Labute approximate surface area is 122 Å². The maximum absolute atomic E-state index is 5.94. The Morgan fingerprint density at radius 2 is 1.60 bits per heavy atom. The van der Waals surface area contributed by atoms with Crippen molar-refractivity contribution in [3.8, 4) is 0 Å². The van der Waals surface area contributed by atoms with Gasteiger partial charge in [0.25, 0.3) is 0 Å². The van der Waals surface area contributed by atoms with E-state index in [9.17, 15) is 0 Å². The molecule has 0 aromatic heterocycles. The molecule has 0 heterocycles. The smallest absolute Gasteiger partial charge is 0.0411 e. The van der Waals surface area contributed by atoms with Crippen LogP contribution in [0, 0.1) is 23.7 Å². The third-order valence-corrected chi connectivity index (χ3v) is 6.22. The van der Waals surface area contributed by atoms with Crippen molar-refractivity contribution in [1.82, 2.24) is 0 Å². The Morgan fingerprint density at radius 1 is 1.00 bits per heavy atom. The van der Waals surface area contributed by atoms with E-state index >= 15 is 0 Å². The summed E-state index contributed by atoms with van der Waals surface area (Å²) in [5.74, 6) is 3.96. The van der Waals surface area contributed by atoms with Gasteiger partial charge < -0.3 is 10.6 Å². The Morgan fingerprint density at radius 3 is 2.20 bits per heavy atom. The minimum atomic E-state index is 0.647. The van der Waals surface area contributed by atoms with E-state index in [0.717, 1.165) is 29.7 Å². The predicted molar refractivity (Wildman–Crippen MR) is 83.6 cm³/mol. The van der Waals surface area contributed by atoms with E-state index in [1.54, 1.807) is 0 Å². The van der Waals surface area contributed by atoms with Crippen LogP contribution < -0.4 is 10.6 Å². The summed E-state index contributed by atoms with van der Waals surface area (Å²) in [7, 11) is 2.31. The summed E-state index contributed by atoms with van der Waals surface area (Å²) in [6.07, 6.45) is 7.45. The summed E-state index contributed by atoms with van der Waals surface area (Å²) >= 11 is 0. The Balaban J connectivity index is 1.64. The zero-order chi connectivity index (χ0) is 13.7. The van der Waals surface area contributed by atoms with E-state index in [4.69, 9.17) is 5.73 Å². The second-order valence-electron chi connectivity index (χ2n) is 7.37. The average Bonchev–Trinajstić information content (AvgIpc) is 2.46. The molecule has 4 aliphatic carbocycles. The molecule has 0 amide bonds. The molecule has 1 aromatic rings. The SMILES string of the molecule is CN(c1ccccc1CN)C1C2CC3CC(C2)CC1C3. The zero-order valence-electron chi connectivity index (χ0n) is 12.5. The standard InChI is InChI=1S/C18H26N2/c1-20(17-5-3-2-4-14(17)11-19)18-15-7-12-6-13(9-15)10-16(18)8-12/h2-5,12-13,15-16,18H,6-11,19H2,1H3. The van der Waals surface area contributed by atoms with E-state index in [2.05, 4.69) is 36.2 Å². The molecule has 0 aliphatic heterocycles. The normalized spacial score (nSPS) is 38.2. The van der Waals surface area contributed by atoms with Crippen molar-refractivity contribution in [2.75, 3.05) is 11.9 Å². The van der Waals surface area contributed by atoms with Crippen molar-refractivity contribution in [1.29, 1.82) is 0 Å². The van der Waals surface area contributed by atoms with Crippen LogP contribution in [0.4, 0.5) is 5.69 Å². The molecule has 0 radical (unpaired) electrons. The molecule has 4 bridgehead atoms. The van der Waals surface area contributed by atoms with Gasteiger partial charge in [-0.25, -0.2) is 0 Å². The second kappa shape index (κ2) is 4.77. The van der Waals surface area contributed by atoms with Crippen LogP contribution in [0.1, 0.15) is 37.7 Å². The molecule has 4 saturated carbocycles. The summed E-state index contributed by atoms with van der Waals surface area (Å²) in [4.78, 5) is 2.58. The maximum Gasteiger partial charge on any atom is 0.0411 e. The van der Waals surface area contributed by atoms with Gasteiger partial charge in [0, 0.05) is 25.3 Å². The number of hydrogen-bond acceptors (Lipinski definition) is 2. The van der Waals surface area contributed by atoms with Gasteiger partial charge in [-0.1, -0.05) is 18.2 Å². The van der Waals surface area contributed by atoms with Crippen molar-refractivity contribution in [2.45, 2.75) is 44.7 Å². The van der Waals surface area contributed by atoms with Gasteiger partial charge in [0.15, 0.2) is 0 Å². The number of para-hydroxylation sites is 1. The number of anilines is 1. The molecule has 1 aromatic carbocycles. The molecule has 0 atom stereocenters. The summed E-state index contributed by atoms with van der Waals surface area (Å²) in [6.45, 7) is 0.647. The highest BCUT2D eigenvalue weighted by Crippen LogP contribution is 2.55. The van der Waals surface area contributed by atoms with E-state index in [1.165, 1.54) is 43.4 Å². The van der Waals surface area contributed by atoms with Crippen LogP contribution in [0.5, 0.6) is 0 Å². The van der Waals surface area contributed by atoms with Gasteiger partial charge in [0.2, 0.25) is 0 Å². The van der Waals surface area contributed by atoms with E-state index in [-0.39, 0.29) is 0 Å². The van der Waals surface area contributed by atoms with Crippen LogP contribution in [-0.2, 0) is 6.54 Å². The first kappa shape index (κ1) is 12.7. The minimum Gasteiger partial charge on any atom is -0.371 e. The van der Waals surface area contributed by atoms with Gasteiger partial charge in [-0.15, -0.1) is 0 Å². The van der Waals surface area contributed by atoms with Gasteiger partial charge in [-0.3, -0.25) is 0 Å². The maximum atomic E-state index is 5.94. The molecule has 2 N–H and O–H groups in total. The Bertz CT molecular complexity index is 468. The third-order valence-electron chi connectivity index (χ3n) is 6.22. The average molecular weight is 270 g/mol. The lowest BCUT2D eigenvalue weighted by Crippen LogP contribution is -2.55. The van der Waals surface area contributed by atoms with Crippen LogP contribution in [0.3, 0.4) is 0 Å². The monoisotopic (exact) mass is 270 g/mol. The second-order valence-corrected chi connectivity index (χ2v) is 7.37. The lowest BCUT2D eigenvalue weighted by Gasteiger charge is -2.57. The first-order valence-electron chi connectivity index (χ1n) is 8.27. The van der Waals surface area contributed by atoms with Crippen LogP contribution in [0.25, 0.3) is 0 Å². The van der Waals surface area contributed by atoms with Crippen LogP contribution in [-0.4, -0.2) is 13.1 Å². The van der Waals surface area contributed by atoms with Gasteiger partial charge in [0.05, 0.1) is 0 Å². The molecular formula is C18H26N2. The quantitative estimate of drug-likeness (QED) is 0.912. The predicted octanol–water partition coefficient (Wildman–Crippen LogP) is 3.41. The largest absolute Gasteiger partial charge is 0.371 e. The van der Waals surface area contributed by atoms with Crippen molar-refractivity contribution in [3.63, 3.8) is 0 Å². The fourth-order valence-corrected chi connectivity index (χ4v) is 5.72. The van der Waals surface area contributed by atoms with Crippen molar-refractivity contribution >= 4 is 5.69 Å². The molecule has 4 fully saturated rings. The van der Waals surface area contributed by atoms with Gasteiger partial charge in [-0.05, 0) is 67.4 Å². The number of nitrogens with two attached hydrogens (primary N) is 1. The molecule has 20 heavy (non-hydrogen) atoms. The fraction of sp³-hybridized carbons (Fsp3) is 0.667. The lowest BCUT2D eigenvalue weighted by atomic mass is 9.54. The molecule has 5 rings (SSSR count). The number of hydrogen-bond donors (Lipinski definition) is 1. The van der Waals surface area contributed by atoms with Crippen LogP contribution in [0.2, 0.25) is 0 Å². The summed E-state index contributed by atoms with van der Waals surface area (Å²) < 4.78 is 0. The van der Waals surface area contributed by atoms with Crippen LogP contribution >= 0.6 is 0 Å². The first-order valence-corrected chi connectivity index (χ1v) is 8.27. The molecule has 0 unspecified atom stereocenters. The van der Waals surface area contributed by atoms with Gasteiger partial charge >= 0.3 is 0 Å². The molecule has 0 saturated heterocycles. The topological polar surface area (TPSA) is 29.3 Å². The van der Waals surface area contributed by atoms with Crippen LogP contribution in [0.15, 0.2) is 24.3 Å². The molecule has 108 valence electrons. The molecule has 4 aliphatic rings. The molecule has 2 heteroatoms. The number of benzene rings is 1. The number of rotatable bonds is 3. The van der Waals surface area contributed by atoms with E-state index in [1.807, 2.05) is 0 Å². The van der Waals surface area contributed by atoms with E-state index in [0.29, 0.717) is 6.54 Å². The zero-order valence-corrected chi connectivity index (χ0v) is 12.5. The van der Waals surface area contributed by atoms with Crippen molar-refractivity contribution in [3.05, 3.63) is 29.8 Å². The van der Waals surface area contributed by atoms with Gasteiger partial charge in [-0.2, -0.15) is 0 Å². The Hall–Kier alpha value is -1.02. The van der Waals surface area contributed by atoms with Gasteiger partial charge in [0.1, 0.15) is 0 Å². The minimum absolute atomic E-state index is 0.647.